The molecule has 2 aromatic carbocycles. The molecule has 2 aromatic rings. The molecular formula is C14H16ClN3. The number of nitrogens with one attached hydrogen (secondary N) is 1. The summed E-state index contributed by atoms with van der Waals surface area (Å²) in [7, 11) is 0. The van der Waals surface area contributed by atoms with E-state index in [1.807, 2.05) is 37.3 Å². The predicted molar refractivity (Wildman–Crippen MR) is 76.2 cm³/mol. The summed E-state index contributed by atoms with van der Waals surface area (Å²) in [5.74, 6) is 5.66. The Balaban J connectivity index is 2.45. The second-order valence-corrected chi connectivity index (χ2v) is 4.72. The van der Waals surface area contributed by atoms with Gasteiger partial charge in [0.2, 0.25) is 0 Å². The lowest BCUT2D eigenvalue weighted by Crippen LogP contribution is -2.29. The number of aryl methyl sites for hydroxylation is 1. The van der Waals surface area contributed by atoms with Gasteiger partial charge in [-0.05, 0) is 30.2 Å². The van der Waals surface area contributed by atoms with Crippen LogP contribution in [0.5, 0.6) is 0 Å². The normalized spacial score (nSPS) is 12.4. The molecular weight excluding hydrogens is 246 g/mol. The van der Waals surface area contributed by atoms with Gasteiger partial charge in [0.05, 0.1) is 6.04 Å². The van der Waals surface area contributed by atoms with Crippen LogP contribution >= 0.6 is 11.6 Å². The summed E-state index contributed by atoms with van der Waals surface area (Å²) in [5, 5.41) is 0.622. The van der Waals surface area contributed by atoms with E-state index < -0.39 is 0 Å². The summed E-state index contributed by atoms with van der Waals surface area (Å²) < 4.78 is 0. The second kappa shape index (κ2) is 5.40. The van der Waals surface area contributed by atoms with Gasteiger partial charge in [0.1, 0.15) is 0 Å². The zero-order valence-electron chi connectivity index (χ0n) is 10.2. The van der Waals surface area contributed by atoms with E-state index in [9.17, 15) is 0 Å². The van der Waals surface area contributed by atoms with Crippen LogP contribution in [0.15, 0.2) is 42.5 Å². The van der Waals surface area contributed by atoms with Crippen molar-refractivity contribution in [2.24, 2.45) is 5.84 Å². The van der Waals surface area contributed by atoms with E-state index in [2.05, 4.69) is 11.5 Å². The van der Waals surface area contributed by atoms with Crippen LogP contribution in [-0.4, -0.2) is 0 Å². The van der Waals surface area contributed by atoms with Crippen molar-refractivity contribution in [3.05, 3.63) is 64.2 Å². The van der Waals surface area contributed by atoms with Gasteiger partial charge in [-0.15, -0.1) is 0 Å². The summed E-state index contributed by atoms with van der Waals surface area (Å²) in [6.07, 6.45) is 0. The molecule has 0 aliphatic carbocycles. The van der Waals surface area contributed by atoms with E-state index in [1.165, 1.54) is 5.56 Å². The number of hydrogen-bond donors (Lipinski definition) is 3. The molecule has 3 nitrogen and oxygen atoms in total. The minimum atomic E-state index is -0.137. The van der Waals surface area contributed by atoms with Crippen molar-refractivity contribution < 1.29 is 0 Å². The van der Waals surface area contributed by atoms with Gasteiger partial charge in [0.25, 0.3) is 0 Å². The molecule has 1 atom stereocenters. The van der Waals surface area contributed by atoms with Crippen LogP contribution in [0.4, 0.5) is 5.69 Å². The Bertz CT molecular complexity index is 554. The van der Waals surface area contributed by atoms with Gasteiger partial charge in [-0.1, -0.05) is 47.5 Å². The first-order chi connectivity index (χ1) is 8.61. The van der Waals surface area contributed by atoms with Gasteiger partial charge in [-0.25, -0.2) is 5.43 Å². The molecule has 18 heavy (non-hydrogen) atoms. The molecule has 0 radical (unpaired) electrons. The predicted octanol–water partition coefficient (Wildman–Crippen LogP) is 2.78. The molecule has 0 aromatic heterocycles. The number of benzene rings is 2. The lowest BCUT2D eigenvalue weighted by molar-refractivity contribution is 0.638. The molecule has 0 heterocycles. The third kappa shape index (κ3) is 2.64. The Kier molecular flexibility index (Phi) is 3.87. The van der Waals surface area contributed by atoms with Gasteiger partial charge in [0.15, 0.2) is 0 Å². The molecule has 0 amide bonds. The molecule has 0 fully saturated rings. The minimum Gasteiger partial charge on any atom is -0.398 e. The third-order valence-corrected chi connectivity index (χ3v) is 3.14. The van der Waals surface area contributed by atoms with Crippen LogP contribution in [-0.2, 0) is 0 Å². The molecule has 0 aliphatic rings. The summed E-state index contributed by atoms with van der Waals surface area (Å²) in [5.41, 5.74) is 12.6. The maximum atomic E-state index is 5.99. The highest BCUT2D eigenvalue weighted by molar-refractivity contribution is 6.30. The zero-order valence-corrected chi connectivity index (χ0v) is 10.9. The maximum absolute atomic E-state index is 5.99. The molecule has 0 bridgehead atoms. The Morgan fingerprint density at radius 1 is 1.17 bits per heavy atom. The SMILES string of the molecule is Cc1cccc(C(NN)c2ccc(Cl)cc2N)c1. The number of hydrogen-bond acceptors (Lipinski definition) is 3. The Hall–Kier alpha value is -1.55. The third-order valence-electron chi connectivity index (χ3n) is 2.90. The number of nitrogens with two attached hydrogens (primary N) is 2. The van der Waals surface area contributed by atoms with Crippen LogP contribution in [0.25, 0.3) is 0 Å². The standard InChI is InChI=1S/C14H16ClN3/c1-9-3-2-4-10(7-9)14(18-17)12-6-5-11(15)8-13(12)16/h2-8,14,18H,16-17H2,1H3. The van der Waals surface area contributed by atoms with Crippen LogP contribution in [0.1, 0.15) is 22.7 Å². The van der Waals surface area contributed by atoms with Crippen molar-refractivity contribution >= 4 is 17.3 Å². The van der Waals surface area contributed by atoms with E-state index in [4.69, 9.17) is 23.2 Å². The molecule has 0 spiro atoms. The smallest absolute Gasteiger partial charge is 0.0730 e. The van der Waals surface area contributed by atoms with Crippen molar-refractivity contribution in [3.8, 4) is 0 Å². The van der Waals surface area contributed by atoms with E-state index in [0.717, 1.165) is 11.1 Å². The topological polar surface area (TPSA) is 64.1 Å². The number of rotatable bonds is 3. The zero-order chi connectivity index (χ0) is 13.1. The summed E-state index contributed by atoms with van der Waals surface area (Å²) in [6.45, 7) is 2.04. The molecule has 0 saturated carbocycles. The highest BCUT2D eigenvalue weighted by Crippen LogP contribution is 2.28. The number of hydrazine groups is 1. The van der Waals surface area contributed by atoms with E-state index in [0.29, 0.717) is 10.7 Å². The maximum Gasteiger partial charge on any atom is 0.0730 e. The highest BCUT2D eigenvalue weighted by atomic mass is 35.5. The number of anilines is 1. The highest BCUT2D eigenvalue weighted by Gasteiger charge is 2.15. The van der Waals surface area contributed by atoms with E-state index in [1.54, 1.807) is 6.07 Å². The first-order valence-corrected chi connectivity index (χ1v) is 6.07. The van der Waals surface area contributed by atoms with Gasteiger partial charge in [-0.3, -0.25) is 5.84 Å². The summed E-state index contributed by atoms with van der Waals surface area (Å²) in [6, 6.07) is 13.4. The first-order valence-electron chi connectivity index (χ1n) is 5.69. The molecule has 1 unspecified atom stereocenters. The summed E-state index contributed by atoms with van der Waals surface area (Å²) >= 11 is 5.90. The largest absolute Gasteiger partial charge is 0.398 e. The number of halogens is 1. The van der Waals surface area contributed by atoms with Crippen LogP contribution in [0, 0.1) is 6.92 Å². The Morgan fingerprint density at radius 2 is 1.94 bits per heavy atom. The average molecular weight is 262 g/mol. The molecule has 2 rings (SSSR count). The number of nitrogen functional groups attached to an aromatic ring is 1. The van der Waals surface area contributed by atoms with E-state index in [-0.39, 0.29) is 6.04 Å². The molecule has 4 heteroatoms. The van der Waals surface area contributed by atoms with Crippen molar-refractivity contribution in [2.45, 2.75) is 13.0 Å². The lowest BCUT2D eigenvalue weighted by atomic mass is 9.97. The second-order valence-electron chi connectivity index (χ2n) is 4.29. The van der Waals surface area contributed by atoms with Crippen LogP contribution < -0.4 is 17.0 Å². The van der Waals surface area contributed by atoms with Crippen molar-refractivity contribution in [3.63, 3.8) is 0 Å². The van der Waals surface area contributed by atoms with Crippen LogP contribution in [0.3, 0.4) is 0 Å². The van der Waals surface area contributed by atoms with Gasteiger partial charge in [-0.2, -0.15) is 0 Å². The van der Waals surface area contributed by atoms with Crippen molar-refractivity contribution in [1.29, 1.82) is 0 Å². The molecule has 5 N–H and O–H groups in total. The van der Waals surface area contributed by atoms with Crippen molar-refractivity contribution in [2.75, 3.05) is 5.73 Å². The van der Waals surface area contributed by atoms with Gasteiger partial charge in [0, 0.05) is 10.7 Å². The minimum absolute atomic E-state index is 0.137. The van der Waals surface area contributed by atoms with E-state index >= 15 is 0 Å². The quantitative estimate of drug-likeness (QED) is 0.452. The first kappa shape index (κ1) is 12.9. The Morgan fingerprint density at radius 3 is 2.56 bits per heavy atom. The lowest BCUT2D eigenvalue weighted by Gasteiger charge is -2.19. The molecule has 0 aliphatic heterocycles. The molecule has 94 valence electrons. The molecule has 0 saturated heterocycles. The average Bonchev–Trinajstić information content (AvgIpc) is 2.33. The monoisotopic (exact) mass is 261 g/mol. The van der Waals surface area contributed by atoms with Gasteiger partial charge < -0.3 is 5.73 Å². The van der Waals surface area contributed by atoms with Crippen molar-refractivity contribution in [1.82, 2.24) is 5.43 Å². The van der Waals surface area contributed by atoms with Gasteiger partial charge >= 0.3 is 0 Å². The Labute approximate surface area is 112 Å². The fraction of sp³-hybridized carbons (Fsp3) is 0.143. The fourth-order valence-corrected chi connectivity index (χ4v) is 2.20. The van der Waals surface area contributed by atoms with Crippen LogP contribution in [0.2, 0.25) is 5.02 Å². The fourth-order valence-electron chi connectivity index (χ4n) is 2.02. The summed E-state index contributed by atoms with van der Waals surface area (Å²) in [4.78, 5) is 0.